The molecule has 0 saturated heterocycles. The molecule has 0 fully saturated rings. The van der Waals surface area contributed by atoms with Crippen LogP contribution in [-0.4, -0.2) is 18.0 Å². The Bertz CT molecular complexity index is 1120. The summed E-state index contributed by atoms with van der Waals surface area (Å²) in [5.41, 5.74) is 3.61. The molecule has 0 aliphatic carbocycles. The van der Waals surface area contributed by atoms with Gasteiger partial charge < -0.3 is 15.0 Å². The van der Waals surface area contributed by atoms with E-state index in [9.17, 15) is 9.18 Å². The van der Waals surface area contributed by atoms with Crippen molar-refractivity contribution in [3.8, 4) is 5.75 Å². The maximum atomic E-state index is 13.4. The van der Waals surface area contributed by atoms with Gasteiger partial charge in [0.1, 0.15) is 11.6 Å². The average Bonchev–Trinajstić information content (AvgIpc) is 3.15. The van der Waals surface area contributed by atoms with Crippen LogP contribution in [0.1, 0.15) is 22.7 Å². The van der Waals surface area contributed by atoms with Crippen molar-refractivity contribution in [3.05, 3.63) is 102 Å². The van der Waals surface area contributed by atoms with E-state index in [0.29, 0.717) is 0 Å². The Morgan fingerprint density at radius 1 is 1.03 bits per heavy atom. The summed E-state index contributed by atoms with van der Waals surface area (Å²) in [5, 5.41) is 4.05. The van der Waals surface area contributed by atoms with E-state index in [0.717, 1.165) is 33.3 Å². The summed E-state index contributed by atoms with van der Waals surface area (Å²) in [5.74, 6) is 0.318. The molecule has 3 aromatic carbocycles. The van der Waals surface area contributed by atoms with Crippen LogP contribution in [0.2, 0.25) is 0 Å². The number of nitrogens with one attached hydrogen (secondary N) is 2. The molecule has 1 unspecified atom stereocenters. The fourth-order valence-electron chi connectivity index (χ4n) is 3.48. The predicted octanol–water partition coefficient (Wildman–Crippen LogP) is 4.76. The van der Waals surface area contributed by atoms with Crippen molar-refractivity contribution in [3.63, 3.8) is 0 Å². The van der Waals surface area contributed by atoms with Crippen LogP contribution in [0.15, 0.2) is 79.0 Å². The first kappa shape index (κ1) is 18.7. The van der Waals surface area contributed by atoms with E-state index < -0.39 is 0 Å². The Kier molecular flexibility index (Phi) is 5.29. The van der Waals surface area contributed by atoms with Gasteiger partial charge in [-0.3, -0.25) is 4.79 Å². The molecule has 1 atom stereocenters. The minimum Gasteiger partial charge on any atom is -0.497 e. The quantitative estimate of drug-likeness (QED) is 0.500. The number of carbonyl (C=O) groups excluding carboxylic acids is 1. The summed E-state index contributed by atoms with van der Waals surface area (Å²) in [6.07, 6.45) is 2.07. The number of methoxy groups -OCH3 is 1. The van der Waals surface area contributed by atoms with Gasteiger partial charge in [-0.1, -0.05) is 42.5 Å². The third-order valence-electron chi connectivity index (χ3n) is 4.97. The van der Waals surface area contributed by atoms with Crippen molar-refractivity contribution in [2.24, 2.45) is 0 Å². The Balaban J connectivity index is 1.59. The number of hydrogen-bond acceptors (Lipinski definition) is 2. The number of hydrogen-bond donors (Lipinski definition) is 2. The Morgan fingerprint density at radius 3 is 2.48 bits per heavy atom. The zero-order valence-electron chi connectivity index (χ0n) is 16.0. The van der Waals surface area contributed by atoms with Gasteiger partial charge in [0, 0.05) is 17.1 Å². The van der Waals surface area contributed by atoms with Gasteiger partial charge >= 0.3 is 0 Å². The van der Waals surface area contributed by atoms with Crippen LogP contribution in [0, 0.1) is 5.82 Å². The number of ether oxygens (including phenoxy) is 1. The van der Waals surface area contributed by atoms with Gasteiger partial charge in [0.25, 0.3) is 0 Å². The van der Waals surface area contributed by atoms with Crippen molar-refractivity contribution in [2.75, 3.05) is 7.11 Å². The van der Waals surface area contributed by atoms with E-state index in [2.05, 4.69) is 10.3 Å². The second-order valence-corrected chi connectivity index (χ2v) is 6.86. The topological polar surface area (TPSA) is 54.1 Å². The van der Waals surface area contributed by atoms with Crippen molar-refractivity contribution >= 4 is 16.8 Å². The first-order chi connectivity index (χ1) is 14.1. The Hall–Kier alpha value is -3.60. The Morgan fingerprint density at radius 2 is 1.76 bits per heavy atom. The van der Waals surface area contributed by atoms with Gasteiger partial charge in [0.15, 0.2) is 0 Å². The van der Waals surface area contributed by atoms with Gasteiger partial charge in [-0.15, -0.1) is 0 Å². The van der Waals surface area contributed by atoms with Crippen LogP contribution in [0.25, 0.3) is 10.9 Å². The number of carbonyl (C=O) groups is 1. The largest absolute Gasteiger partial charge is 0.497 e. The number of amides is 1. The molecule has 0 bridgehead atoms. The van der Waals surface area contributed by atoms with Crippen LogP contribution >= 0.6 is 0 Å². The Labute approximate surface area is 168 Å². The van der Waals surface area contributed by atoms with Crippen molar-refractivity contribution < 1.29 is 13.9 Å². The molecular formula is C24H21FN2O2. The molecule has 0 spiro atoms. The third kappa shape index (κ3) is 4.14. The van der Waals surface area contributed by atoms with E-state index in [1.165, 1.54) is 12.1 Å². The number of halogens is 1. The van der Waals surface area contributed by atoms with Crippen LogP contribution in [0.4, 0.5) is 4.39 Å². The molecule has 0 aliphatic rings. The van der Waals surface area contributed by atoms with Crippen LogP contribution in [0.3, 0.4) is 0 Å². The fourth-order valence-corrected chi connectivity index (χ4v) is 3.48. The zero-order chi connectivity index (χ0) is 20.2. The highest BCUT2D eigenvalue weighted by atomic mass is 19.1. The van der Waals surface area contributed by atoms with E-state index in [4.69, 9.17) is 4.74 Å². The average molecular weight is 388 g/mol. The lowest BCUT2D eigenvalue weighted by molar-refractivity contribution is -0.120. The number of rotatable bonds is 6. The van der Waals surface area contributed by atoms with Crippen molar-refractivity contribution in [1.29, 1.82) is 0 Å². The molecule has 29 heavy (non-hydrogen) atoms. The highest BCUT2D eigenvalue weighted by Gasteiger charge is 2.18. The fraction of sp³-hybridized carbons (Fsp3) is 0.125. The summed E-state index contributed by atoms with van der Waals surface area (Å²) in [4.78, 5) is 16.1. The van der Waals surface area contributed by atoms with E-state index >= 15 is 0 Å². The monoisotopic (exact) mass is 388 g/mol. The molecule has 5 heteroatoms. The lowest BCUT2D eigenvalue weighted by Crippen LogP contribution is -2.30. The summed E-state index contributed by atoms with van der Waals surface area (Å²) in [7, 11) is 1.62. The van der Waals surface area contributed by atoms with Gasteiger partial charge in [0.2, 0.25) is 5.91 Å². The molecule has 146 valence electrons. The minimum atomic E-state index is -0.357. The zero-order valence-corrected chi connectivity index (χ0v) is 16.0. The van der Waals surface area contributed by atoms with Gasteiger partial charge in [-0.2, -0.15) is 0 Å². The van der Waals surface area contributed by atoms with Gasteiger partial charge in [-0.05, 0) is 47.0 Å². The molecule has 4 rings (SSSR count). The summed E-state index contributed by atoms with van der Waals surface area (Å²) >= 11 is 0. The highest BCUT2D eigenvalue weighted by Crippen LogP contribution is 2.25. The maximum absolute atomic E-state index is 13.4. The summed E-state index contributed by atoms with van der Waals surface area (Å²) in [6, 6.07) is 21.2. The lowest BCUT2D eigenvalue weighted by Gasteiger charge is -2.20. The van der Waals surface area contributed by atoms with E-state index in [-0.39, 0.29) is 24.2 Å². The second kappa shape index (κ2) is 8.19. The highest BCUT2D eigenvalue weighted by molar-refractivity contribution is 5.90. The minimum absolute atomic E-state index is 0.119. The normalized spacial score (nSPS) is 11.9. The maximum Gasteiger partial charge on any atom is 0.225 e. The van der Waals surface area contributed by atoms with E-state index in [1.807, 2.05) is 54.7 Å². The van der Waals surface area contributed by atoms with Crippen LogP contribution in [-0.2, 0) is 11.2 Å². The number of benzene rings is 3. The van der Waals surface area contributed by atoms with Crippen molar-refractivity contribution in [1.82, 2.24) is 10.3 Å². The second-order valence-electron chi connectivity index (χ2n) is 6.86. The number of H-pyrrole nitrogens is 1. The molecule has 0 saturated carbocycles. The summed E-state index contributed by atoms with van der Waals surface area (Å²) in [6.45, 7) is 0. The first-order valence-electron chi connectivity index (χ1n) is 9.38. The predicted molar refractivity (Wildman–Crippen MR) is 111 cm³/mol. The first-order valence-corrected chi connectivity index (χ1v) is 9.38. The van der Waals surface area contributed by atoms with Crippen LogP contribution in [0.5, 0.6) is 5.75 Å². The standard InChI is InChI=1S/C24H21FN2O2/c1-29-20-11-12-22-21(14-20)18(15-26-22)13-23(28)27-24(16-5-3-2-4-6-16)17-7-9-19(25)10-8-17/h2-12,14-15,24,26H,13H2,1H3,(H,27,28). The summed E-state index contributed by atoms with van der Waals surface area (Å²) < 4.78 is 18.7. The molecule has 1 aromatic heterocycles. The number of fused-ring (bicyclic) bond motifs is 1. The molecule has 1 heterocycles. The number of aromatic amines is 1. The molecular weight excluding hydrogens is 367 g/mol. The molecule has 2 N–H and O–H groups in total. The molecule has 0 radical (unpaired) electrons. The number of aromatic nitrogens is 1. The van der Waals surface area contributed by atoms with E-state index in [1.54, 1.807) is 19.2 Å². The lowest BCUT2D eigenvalue weighted by atomic mass is 9.98. The smallest absolute Gasteiger partial charge is 0.225 e. The molecule has 1 amide bonds. The molecule has 4 aromatic rings. The molecule has 4 nitrogen and oxygen atoms in total. The SMILES string of the molecule is COc1ccc2[nH]cc(CC(=O)NC(c3ccccc3)c3ccc(F)cc3)c2c1. The van der Waals surface area contributed by atoms with Gasteiger partial charge in [-0.25, -0.2) is 4.39 Å². The third-order valence-corrected chi connectivity index (χ3v) is 4.97. The molecule has 0 aliphatic heterocycles. The van der Waals surface area contributed by atoms with Crippen LogP contribution < -0.4 is 10.1 Å². The van der Waals surface area contributed by atoms with Gasteiger partial charge in [0.05, 0.1) is 19.6 Å². The van der Waals surface area contributed by atoms with Crippen molar-refractivity contribution in [2.45, 2.75) is 12.5 Å².